The Morgan fingerprint density at radius 3 is 2.83 bits per heavy atom. The van der Waals surface area contributed by atoms with Crippen LogP contribution in [-0.2, 0) is 0 Å². The first-order valence-electron chi connectivity index (χ1n) is 4.61. The molecular weight excluding hydrogens is 148 g/mol. The van der Waals surface area contributed by atoms with Gasteiger partial charge in [-0.25, -0.2) is 4.99 Å². The van der Waals surface area contributed by atoms with Crippen LogP contribution in [0.3, 0.4) is 0 Å². The van der Waals surface area contributed by atoms with Gasteiger partial charge in [-0.2, -0.15) is 0 Å². The van der Waals surface area contributed by atoms with Crippen molar-refractivity contribution in [2.24, 2.45) is 4.99 Å². The summed E-state index contributed by atoms with van der Waals surface area (Å²) in [5.41, 5.74) is 0. The zero-order chi connectivity index (χ0) is 8.23. The van der Waals surface area contributed by atoms with Crippen molar-refractivity contribution in [3.05, 3.63) is 24.4 Å². The van der Waals surface area contributed by atoms with Gasteiger partial charge in [-0.1, -0.05) is 12.2 Å². The van der Waals surface area contributed by atoms with Gasteiger partial charge in [0.2, 0.25) is 0 Å². The smallest absolute Gasteiger partial charge is 0.128 e. The summed E-state index contributed by atoms with van der Waals surface area (Å²) < 4.78 is 0. The van der Waals surface area contributed by atoms with Gasteiger partial charge >= 0.3 is 0 Å². The minimum absolute atomic E-state index is 1.01. The van der Waals surface area contributed by atoms with Gasteiger partial charge in [0.25, 0.3) is 0 Å². The summed E-state index contributed by atoms with van der Waals surface area (Å²) in [6.45, 7) is 2.36. The quantitative estimate of drug-likeness (QED) is 0.531. The lowest BCUT2D eigenvalue weighted by Crippen LogP contribution is -2.25. The topological polar surface area (TPSA) is 15.6 Å². The second-order valence-corrected chi connectivity index (χ2v) is 3.20. The largest absolute Gasteiger partial charge is 0.357 e. The molecule has 0 N–H and O–H groups in total. The highest BCUT2D eigenvalue weighted by Gasteiger charge is 2.13. The van der Waals surface area contributed by atoms with Gasteiger partial charge in [0.1, 0.15) is 5.84 Å². The van der Waals surface area contributed by atoms with Gasteiger partial charge in [0, 0.05) is 19.3 Å². The monoisotopic (exact) mass is 162 g/mol. The molecule has 0 amide bonds. The maximum Gasteiger partial charge on any atom is 0.128 e. The summed E-state index contributed by atoms with van der Waals surface area (Å²) in [7, 11) is 0. The third-order valence-electron chi connectivity index (χ3n) is 2.28. The van der Waals surface area contributed by atoms with E-state index in [4.69, 9.17) is 0 Å². The molecule has 0 aromatic carbocycles. The Bertz CT molecular complexity index is 232. The number of hydrogen-bond acceptors (Lipinski definition) is 2. The van der Waals surface area contributed by atoms with Crippen molar-refractivity contribution in [2.75, 3.05) is 13.1 Å². The standard InChI is InChI=1S/C10H14N2/c1-2-6-10(11-7-3-1)12-8-4-5-9-12/h2-3,6-7H,1,4-5,8-9H2. The van der Waals surface area contributed by atoms with E-state index in [2.05, 4.69) is 28.1 Å². The predicted molar refractivity (Wildman–Crippen MR) is 51.1 cm³/mol. The van der Waals surface area contributed by atoms with E-state index in [1.165, 1.54) is 25.9 Å². The molecule has 0 unspecified atom stereocenters. The lowest BCUT2D eigenvalue weighted by atomic mass is 10.3. The highest BCUT2D eigenvalue weighted by molar-refractivity contribution is 5.93. The van der Waals surface area contributed by atoms with Crippen molar-refractivity contribution in [1.29, 1.82) is 0 Å². The molecule has 0 saturated carbocycles. The van der Waals surface area contributed by atoms with Crippen molar-refractivity contribution in [3.8, 4) is 0 Å². The van der Waals surface area contributed by atoms with E-state index in [-0.39, 0.29) is 0 Å². The van der Waals surface area contributed by atoms with Crippen molar-refractivity contribution < 1.29 is 0 Å². The maximum absolute atomic E-state index is 4.38. The number of hydrogen-bond donors (Lipinski definition) is 0. The summed E-state index contributed by atoms with van der Waals surface area (Å²) >= 11 is 0. The van der Waals surface area contributed by atoms with Gasteiger partial charge in [-0.15, -0.1) is 0 Å². The highest BCUT2D eigenvalue weighted by atomic mass is 15.2. The average molecular weight is 162 g/mol. The minimum Gasteiger partial charge on any atom is -0.357 e. The van der Waals surface area contributed by atoms with Crippen LogP contribution in [0, 0.1) is 0 Å². The number of rotatable bonds is 0. The van der Waals surface area contributed by atoms with Gasteiger partial charge < -0.3 is 4.90 Å². The zero-order valence-corrected chi connectivity index (χ0v) is 7.24. The molecule has 2 heteroatoms. The minimum atomic E-state index is 1.01. The summed E-state index contributed by atoms with van der Waals surface area (Å²) in [5, 5.41) is 0. The molecule has 0 spiro atoms. The highest BCUT2D eigenvalue weighted by Crippen LogP contribution is 2.10. The molecule has 2 nitrogen and oxygen atoms in total. The van der Waals surface area contributed by atoms with Crippen LogP contribution in [0.25, 0.3) is 0 Å². The van der Waals surface area contributed by atoms with Gasteiger partial charge in [-0.05, 0) is 25.3 Å². The Hall–Kier alpha value is -1.05. The molecule has 0 aromatic rings. The Balaban J connectivity index is 2.09. The van der Waals surface area contributed by atoms with Gasteiger partial charge in [0.15, 0.2) is 0 Å². The molecule has 0 aliphatic carbocycles. The summed E-state index contributed by atoms with van der Waals surface area (Å²) in [6.07, 6.45) is 11.9. The number of allylic oxidation sites excluding steroid dienone is 2. The second kappa shape index (κ2) is 3.57. The van der Waals surface area contributed by atoms with E-state index in [9.17, 15) is 0 Å². The van der Waals surface area contributed by atoms with Crippen molar-refractivity contribution in [1.82, 2.24) is 4.90 Å². The number of nitrogens with zero attached hydrogens (tertiary/aromatic N) is 2. The normalized spacial score (nSPS) is 22.7. The fourth-order valence-corrected chi connectivity index (χ4v) is 1.62. The first-order valence-corrected chi connectivity index (χ1v) is 4.61. The van der Waals surface area contributed by atoms with E-state index >= 15 is 0 Å². The molecule has 0 radical (unpaired) electrons. The predicted octanol–water partition coefficient (Wildman–Crippen LogP) is 1.95. The average Bonchev–Trinajstić information content (AvgIpc) is 2.48. The Morgan fingerprint density at radius 1 is 1.17 bits per heavy atom. The fourth-order valence-electron chi connectivity index (χ4n) is 1.62. The SMILES string of the molecule is C1=CN=C(N2CCCC2)C=CC1. The fraction of sp³-hybridized carbons (Fsp3) is 0.500. The molecular formula is C10H14N2. The first-order chi connectivity index (χ1) is 5.97. The van der Waals surface area contributed by atoms with Gasteiger partial charge in [0.05, 0.1) is 0 Å². The van der Waals surface area contributed by atoms with E-state index < -0.39 is 0 Å². The molecule has 0 bridgehead atoms. The molecule has 64 valence electrons. The van der Waals surface area contributed by atoms with E-state index in [1.807, 2.05) is 6.20 Å². The molecule has 1 fully saturated rings. The second-order valence-electron chi connectivity index (χ2n) is 3.20. The molecule has 2 heterocycles. The van der Waals surface area contributed by atoms with E-state index in [0.29, 0.717) is 0 Å². The zero-order valence-electron chi connectivity index (χ0n) is 7.24. The first kappa shape index (κ1) is 7.59. The van der Waals surface area contributed by atoms with Crippen LogP contribution in [0.15, 0.2) is 29.4 Å². The van der Waals surface area contributed by atoms with Crippen molar-refractivity contribution in [2.45, 2.75) is 19.3 Å². The van der Waals surface area contributed by atoms with E-state index in [0.717, 1.165) is 12.3 Å². The summed E-state index contributed by atoms with van der Waals surface area (Å²) in [6, 6.07) is 0. The maximum atomic E-state index is 4.38. The van der Waals surface area contributed by atoms with Crippen molar-refractivity contribution >= 4 is 5.84 Å². The molecule has 12 heavy (non-hydrogen) atoms. The number of aliphatic imine (C=N–C) groups is 1. The third kappa shape index (κ3) is 1.58. The molecule has 1 saturated heterocycles. The van der Waals surface area contributed by atoms with Crippen LogP contribution in [0.2, 0.25) is 0 Å². The van der Waals surface area contributed by atoms with Crippen LogP contribution in [0.1, 0.15) is 19.3 Å². The number of likely N-dealkylation sites (tertiary alicyclic amines) is 1. The molecule has 2 aliphatic rings. The van der Waals surface area contributed by atoms with E-state index in [1.54, 1.807) is 0 Å². The molecule has 0 aromatic heterocycles. The lowest BCUT2D eigenvalue weighted by Gasteiger charge is -2.15. The van der Waals surface area contributed by atoms with Crippen LogP contribution in [-0.4, -0.2) is 23.8 Å². The number of amidine groups is 1. The Morgan fingerprint density at radius 2 is 2.00 bits per heavy atom. The summed E-state index contributed by atoms with van der Waals surface area (Å²) in [5.74, 6) is 1.14. The van der Waals surface area contributed by atoms with Crippen molar-refractivity contribution in [3.63, 3.8) is 0 Å². The van der Waals surface area contributed by atoms with Crippen LogP contribution < -0.4 is 0 Å². The molecule has 2 aliphatic heterocycles. The molecule has 0 atom stereocenters. The Kier molecular flexibility index (Phi) is 2.26. The van der Waals surface area contributed by atoms with Crippen LogP contribution in [0.4, 0.5) is 0 Å². The third-order valence-corrected chi connectivity index (χ3v) is 2.28. The van der Waals surface area contributed by atoms with Crippen LogP contribution in [0.5, 0.6) is 0 Å². The lowest BCUT2D eigenvalue weighted by molar-refractivity contribution is 0.522. The van der Waals surface area contributed by atoms with Crippen LogP contribution >= 0.6 is 0 Å². The van der Waals surface area contributed by atoms with Gasteiger partial charge in [-0.3, -0.25) is 0 Å². The Labute approximate surface area is 73.3 Å². The summed E-state index contributed by atoms with van der Waals surface area (Å²) in [4.78, 5) is 6.73. The molecule has 2 rings (SSSR count).